The molecule has 1 fully saturated rings. The fourth-order valence-electron chi connectivity index (χ4n) is 2.67. The first-order valence-corrected chi connectivity index (χ1v) is 7.99. The van der Waals surface area contributed by atoms with Crippen LogP contribution in [0.25, 0.3) is 11.2 Å². The van der Waals surface area contributed by atoms with Gasteiger partial charge in [-0.05, 0) is 5.92 Å². The van der Waals surface area contributed by atoms with E-state index in [4.69, 9.17) is 10.5 Å². The number of hydrogen-bond acceptors (Lipinski definition) is 8. The Labute approximate surface area is 155 Å². The van der Waals surface area contributed by atoms with Gasteiger partial charge in [0.15, 0.2) is 22.8 Å². The van der Waals surface area contributed by atoms with Crippen LogP contribution >= 0.6 is 0 Å². The van der Waals surface area contributed by atoms with Gasteiger partial charge in [-0.25, -0.2) is 15.0 Å². The lowest BCUT2D eigenvalue weighted by Gasteiger charge is -2.14. The van der Waals surface area contributed by atoms with Crippen molar-refractivity contribution in [1.82, 2.24) is 24.8 Å². The predicted molar refractivity (Wildman–Crippen MR) is 87.3 cm³/mol. The zero-order chi connectivity index (χ0) is 20.5. The number of alkyl halides is 3. The Morgan fingerprint density at radius 3 is 2.86 bits per heavy atom. The molecule has 2 aromatic rings. The van der Waals surface area contributed by atoms with Crippen LogP contribution in [0.5, 0.6) is 0 Å². The molecular weight excluding hydrogens is 385 g/mol. The summed E-state index contributed by atoms with van der Waals surface area (Å²) in [7, 11) is 0. The van der Waals surface area contributed by atoms with Crippen LogP contribution in [0.2, 0.25) is 0 Å². The third kappa shape index (κ3) is 3.84. The Morgan fingerprint density at radius 1 is 1.46 bits per heavy atom. The maximum absolute atomic E-state index is 12.2. The summed E-state index contributed by atoms with van der Waals surface area (Å²) in [6, 6.07) is 0. The van der Waals surface area contributed by atoms with E-state index in [1.165, 1.54) is 10.9 Å². The highest BCUT2D eigenvalue weighted by atomic mass is 19.4. The summed E-state index contributed by atoms with van der Waals surface area (Å²) in [5.74, 6) is 2.88. The monoisotopic (exact) mass is 400 g/mol. The summed E-state index contributed by atoms with van der Waals surface area (Å²) in [5, 5.41) is 20.8. The van der Waals surface area contributed by atoms with Gasteiger partial charge in [0.25, 0.3) is 0 Å². The van der Waals surface area contributed by atoms with E-state index >= 15 is 0 Å². The van der Waals surface area contributed by atoms with E-state index in [-0.39, 0.29) is 29.2 Å². The van der Waals surface area contributed by atoms with Crippen molar-refractivity contribution in [2.45, 2.75) is 31.0 Å². The number of hydrogen-bond donors (Lipinski definition) is 4. The first-order valence-electron chi connectivity index (χ1n) is 7.99. The quantitative estimate of drug-likeness (QED) is 0.484. The zero-order valence-electron chi connectivity index (χ0n) is 14.1. The van der Waals surface area contributed by atoms with Gasteiger partial charge in [-0.2, -0.15) is 13.2 Å². The number of anilines is 1. The lowest BCUT2D eigenvalue weighted by molar-refractivity contribution is -0.173. The Balaban J connectivity index is 1.91. The van der Waals surface area contributed by atoms with Crippen LogP contribution in [0.15, 0.2) is 6.33 Å². The van der Waals surface area contributed by atoms with Crippen molar-refractivity contribution in [1.29, 1.82) is 0 Å². The number of ether oxygens (including phenoxy) is 1. The molecule has 1 aliphatic heterocycles. The van der Waals surface area contributed by atoms with Crippen molar-refractivity contribution >= 4 is 22.9 Å². The third-order valence-electron chi connectivity index (χ3n) is 3.97. The summed E-state index contributed by atoms with van der Waals surface area (Å²) in [5.41, 5.74) is 6.21. The first-order chi connectivity index (χ1) is 13.2. The number of aliphatic hydroxyl groups is 2. The topological polar surface area (TPSA) is 148 Å². The molecule has 1 saturated heterocycles. The highest BCUT2D eigenvalue weighted by Gasteiger charge is 2.38. The Bertz CT molecular complexity index is 951. The van der Waals surface area contributed by atoms with E-state index in [0.29, 0.717) is 0 Å². The van der Waals surface area contributed by atoms with Crippen LogP contribution in [0.3, 0.4) is 0 Å². The molecule has 0 aliphatic carbocycles. The average Bonchev–Trinajstić information content (AvgIpc) is 3.18. The number of nitrogens with zero attached hydrogens (tertiary/aromatic N) is 4. The first kappa shape index (κ1) is 19.8. The molecule has 3 heterocycles. The molecule has 5 N–H and O–H groups in total. The molecule has 28 heavy (non-hydrogen) atoms. The fourth-order valence-corrected chi connectivity index (χ4v) is 2.67. The van der Waals surface area contributed by atoms with Crippen LogP contribution in [0, 0.1) is 11.8 Å². The summed E-state index contributed by atoms with van der Waals surface area (Å²) >= 11 is 0. The highest BCUT2D eigenvalue weighted by Crippen LogP contribution is 2.32. The van der Waals surface area contributed by atoms with E-state index < -0.39 is 43.7 Å². The van der Waals surface area contributed by atoms with Gasteiger partial charge in [0.05, 0.1) is 19.3 Å². The minimum absolute atomic E-state index is 0.0410. The van der Waals surface area contributed by atoms with Gasteiger partial charge >= 0.3 is 12.1 Å². The largest absolute Gasteiger partial charge is 0.471 e. The standard InChI is InChI=1S/C15H15F3N6O4/c16-15(17,18)14(27)20-3-1-2-9-23-11-12(19)21-6-22-13(11)24(9)10-4-7(26)8(5-25)28-10/h6-8,10,25-26H,3-5H2,(H,20,27)(H2,19,21,22)/t7-,8+,10+/m0/s1. The molecule has 10 nitrogen and oxygen atoms in total. The molecular formula is C15H15F3N6O4. The Hall–Kier alpha value is -2.95. The van der Waals surface area contributed by atoms with Gasteiger partial charge in [0.2, 0.25) is 0 Å². The molecule has 0 aromatic carbocycles. The second-order valence-electron chi connectivity index (χ2n) is 5.83. The number of aliphatic hydroxyl groups excluding tert-OH is 2. The van der Waals surface area contributed by atoms with Crippen molar-refractivity contribution in [3.05, 3.63) is 12.2 Å². The SMILES string of the molecule is Nc1ncnc2c1nc(C#CCNC(=O)C(F)(F)F)n2[C@H]1C[C@H](O)[C@@H](CO)O1. The van der Waals surface area contributed by atoms with Crippen molar-refractivity contribution in [3.8, 4) is 11.8 Å². The molecule has 0 saturated carbocycles. The van der Waals surface area contributed by atoms with E-state index in [1.54, 1.807) is 5.32 Å². The number of nitrogens with two attached hydrogens (primary N) is 1. The number of halogens is 3. The number of carbonyl (C=O) groups excluding carboxylic acids is 1. The van der Waals surface area contributed by atoms with Gasteiger partial charge < -0.3 is 26.0 Å². The van der Waals surface area contributed by atoms with Gasteiger partial charge in [-0.1, -0.05) is 5.92 Å². The molecule has 0 radical (unpaired) electrons. The maximum Gasteiger partial charge on any atom is 0.471 e. The fraction of sp³-hybridized carbons (Fsp3) is 0.467. The van der Waals surface area contributed by atoms with E-state index in [9.17, 15) is 28.2 Å². The van der Waals surface area contributed by atoms with Crippen LogP contribution in [-0.2, 0) is 9.53 Å². The summed E-state index contributed by atoms with van der Waals surface area (Å²) in [6.07, 6.45) is -6.29. The second-order valence-corrected chi connectivity index (χ2v) is 5.83. The lowest BCUT2D eigenvalue weighted by Crippen LogP contribution is -2.36. The minimum Gasteiger partial charge on any atom is -0.394 e. The molecule has 0 unspecified atom stereocenters. The molecule has 1 aliphatic rings. The Morgan fingerprint density at radius 2 is 2.21 bits per heavy atom. The highest BCUT2D eigenvalue weighted by molar-refractivity contribution is 5.83. The van der Waals surface area contributed by atoms with Gasteiger partial charge in [-0.15, -0.1) is 0 Å². The molecule has 2 aromatic heterocycles. The number of carbonyl (C=O) groups is 1. The number of rotatable bonds is 3. The summed E-state index contributed by atoms with van der Waals surface area (Å²) < 4.78 is 43.6. The molecule has 0 bridgehead atoms. The van der Waals surface area contributed by atoms with E-state index in [0.717, 1.165) is 0 Å². The zero-order valence-corrected chi connectivity index (χ0v) is 14.1. The van der Waals surface area contributed by atoms with Gasteiger partial charge in [0, 0.05) is 6.42 Å². The molecule has 3 rings (SSSR count). The number of fused-ring (bicyclic) bond motifs is 1. The van der Waals surface area contributed by atoms with Crippen molar-refractivity contribution in [3.63, 3.8) is 0 Å². The predicted octanol–water partition coefficient (Wildman–Crippen LogP) is -0.921. The molecule has 3 atom stereocenters. The van der Waals surface area contributed by atoms with Gasteiger partial charge in [0.1, 0.15) is 18.7 Å². The van der Waals surface area contributed by atoms with Crippen LogP contribution in [0.1, 0.15) is 18.5 Å². The molecule has 1 amide bonds. The number of nitrogen functional groups attached to an aromatic ring is 1. The van der Waals surface area contributed by atoms with Crippen molar-refractivity contribution in [2.75, 3.05) is 18.9 Å². The summed E-state index contributed by atoms with van der Waals surface area (Å²) in [6.45, 7) is -0.984. The maximum atomic E-state index is 12.2. The van der Waals surface area contributed by atoms with E-state index in [2.05, 4.69) is 26.8 Å². The third-order valence-corrected chi connectivity index (χ3v) is 3.97. The number of nitrogens with one attached hydrogen (secondary N) is 1. The lowest BCUT2D eigenvalue weighted by atomic mass is 10.2. The van der Waals surface area contributed by atoms with Crippen molar-refractivity contribution in [2.24, 2.45) is 0 Å². The van der Waals surface area contributed by atoms with Crippen LogP contribution in [-0.4, -0.2) is 67.2 Å². The number of imidazole rings is 1. The second kappa shape index (κ2) is 7.58. The number of aromatic nitrogens is 4. The molecule has 150 valence electrons. The smallest absolute Gasteiger partial charge is 0.394 e. The average molecular weight is 400 g/mol. The molecule has 13 heteroatoms. The summed E-state index contributed by atoms with van der Waals surface area (Å²) in [4.78, 5) is 22.9. The molecule has 0 spiro atoms. The van der Waals surface area contributed by atoms with Crippen molar-refractivity contribution < 1.29 is 32.9 Å². The Kier molecular flexibility index (Phi) is 5.36. The van der Waals surface area contributed by atoms with Crippen LogP contribution < -0.4 is 11.1 Å². The number of amides is 1. The van der Waals surface area contributed by atoms with E-state index in [1.807, 2.05) is 0 Å². The normalized spacial score (nSPS) is 22.1. The minimum atomic E-state index is -5.01. The van der Waals surface area contributed by atoms with Crippen LogP contribution in [0.4, 0.5) is 19.0 Å². The van der Waals surface area contributed by atoms with Gasteiger partial charge in [-0.3, -0.25) is 9.36 Å².